The van der Waals surface area contributed by atoms with Gasteiger partial charge >= 0.3 is 5.97 Å². The van der Waals surface area contributed by atoms with Gasteiger partial charge in [0.05, 0.1) is 43.6 Å². The molecule has 12 heteroatoms. The zero-order valence-electron chi connectivity index (χ0n) is 18.8. The van der Waals surface area contributed by atoms with Crippen molar-refractivity contribution in [2.45, 2.75) is 6.54 Å². The molecule has 1 aromatic heterocycles. The number of aromatic nitrogens is 1. The van der Waals surface area contributed by atoms with Crippen LogP contribution in [0.1, 0.15) is 5.56 Å². The van der Waals surface area contributed by atoms with Crippen molar-refractivity contribution in [1.82, 2.24) is 4.57 Å². The van der Waals surface area contributed by atoms with Crippen LogP contribution < -0.4 is 19.0 Å². The topological polar surface area (TPSA) is 131 Å². The minimum atomic E-state index is -0.603. The standard InChI is InChI=1S/C22H21N3O8S/c1-30-16-9-13(10-17(31-2)21(16)33-4)5-8-19(26)23-22-24(12-20(27)32-3)15-7-6-14(25(28)29)11-18(15)34-22/h5-11H,12H2,1-4H3/b8-5-,23-22?. The maximum Gasteiger partial charge on any atom is 0.325 e. The number of methoxy groups -OCH3 is 4. The summed E-state index contributed by atoms with van der Waals surface area (Å²) in [7, 11) is 5.69. The average molecular weight is 487 g/mol. The molecule has 0 fully saturated rings. The molecule has 34 heavy (non-hydrogen) atoms. The van der Waals surface area contributed by atoms with Crippen LogP contribution in [0, 0.1) is 10.1 Å². The highest BCUT2D eigenvalue weighted by molar-refractivity contribution is 7.16. The quantitative estimate of drug-likeness (QED) is 0.205. The summed E-state index contributed by atoms with van der Waals surface area (Å²) in [5.41, 5.74) is 1.01. The monoisotopic (exact) mass is 487 g/mol. The van der Waals surface area contributed by atoms with Crippen LogP contribution >= 0.6 is 11.3 Å². The minimum absolute atomic E-state index is 0.112. The van der Waals surface area contributed by atoms with Gasteiger partial charge in [-0.25, -0.2) is 0 Å². The van der Waals surface area contributed by atoms with Crippen LogP contribution in [0.2, 0.25) is 0 Å². The third-order valence-corrected chi connectivity index (χ3v) is 5.74. The van der Waals surface area contributed by atoms with Gasteiger partial charge in [0, 0.05) is 18.2 Å². The highest BCUT2D eigenvalue weighted by Gasteiger charge is 2.15. The zero-order valence-corrected chi connectivity index (χ0v) is 19.6. The highest BCUT2D eigenvalue weighted by atomic mass is 32.1. The van der Waals surface area contributed by atoms with Crippen molar-refractivity contribution < 1.29 is 33.5 Å². The molecule has 178 valence electrons. The van der Waals surface area contributed by atoms with Crippen molar-refractivity contribution >= 4 is 45.2 Å². The molecule has 0 saturated carbocycles. The fourth-order valence-electron chi connectivity index (χ4n) is 3.10. The first-order valence-electron chi connectivity index (χ1n) is 9.72. The van der Waals surface area contributed by atoms with Crippen LogP contribution in [0.5, 0.6) is 17.2 Å². The number of hydrogen-bond donors (Lipinski definition) is 0. The molecule has 0 radical (unpaired) electrons. The summed E-state index contributed by atoms with van der Waals surface area (Å²) in [4.78, 5) is 39.4. The van der Waals surface area contributed by atoms with Gasteiger partial charge in [-0.3, -0.25) is 19.7 Å². The largest absolute Gasteiger partial charge is 0.493 e. The van der Waals surface area contributed by atoms with Crippen molar-refractivity contribution in [3.8, 4) is 17.2 Å². The second-order valence-electron chi connectivity index (χ2n) is 6.70. The molecule has 0 atom stereocenters. The minimum Gasteiger partial charge on any atom is -0.493 e. The van der Waals surface area contributed by atoms with Gasteiger partial charge in [0.1, 0.15) is 6.54 Å². The Kier molecular flexibility index (Phi) is 7.64. The number of amides is 1. The van der Waals surface area contributed by atoms with E-state index in [1.54, 1.807) is 12.1 Å². The van der Waals surface area contributed by atoms with E-state index in [-0.39, 0.29) is 17.0 Å². The molecular weight excluding hydrogens is 466 g/mol. The first-order valence-corrected chi connectivity index (χ1v) is 10.5. The fourth-order valence-corrected chi connectivity index (χ4v) is 4.17. The summed E-state index contributed by atoms with van der Waals surface area (Å²) in [6, 6.07) is 7.52. The predicted octanol–water partition coefficient (Wildman–Crippen LogP) is 2.95. The van der Waals surface area contributed by atoms with Crippen LogP contribution in [0.3, 0.4) is 0 Å². The van der Waals surface area contributed by atoms with Crippen LogP contribution in [0.4, 0.5) is 5.69 Å². The van der Waals surface area contributed by atoms with E-state index in [4.69, 9.17) is 18.9 Å². The molecule has 0 aliphatic rings. The van der Waals surface area contributed by atoms with Crippen LogP contribution in [0.25, 0.3) is 16.3 Å². The zero-order chi connectivity index (χ0) is 24.8. The molecule has 2 aromatic carbocycles. The highest BCUT2D eigenvalue weighted by Crippen LogP contribution is 2.38. The summed E-state index contributed by atoms with van der Waals surface area (Å²) in [6.45, 7) is -0.211. The van der Waals surface area contributed by atoms with Crippen LogP contribution in [0.15, 0.2) is 41.4 Å². The molecule has 0 aliphatic carbocycles. The third-order valence-electron chi connectivity index (χ3n) is 4.70. The molecule has 1 amide bonds. The van der Waals surface area contributed by atoms with Gasteiger partial charge in [0.25, 0.3) is 11.6 Å². The number of rotatable bonds is 8. The SMILES string of the molecule is COC(=O)Cn1c(=NC(=O)/C=C\c2cc(OC)c(OC)c(OC)c2)sc2cc([N+](=O)[O-])ccc21. The van der Waals surface area contributed by atoms with E-state index in [0.29, 0.717) is 33.0 Å². The van der Waals surface area contributed by atoms with Crippen molar-refractivity contribution in [3.05, 3.63) is 56.9 Å². The summed E-state index contributed by atoms with van der Waals surface area (Å²) in [6.07, 6.45) is 2.77. The van der Waals surface area contributed by atoms with Crippen LogP contribution in [-0.4, -0.2) is 49.8 Å². The normalized spacial score (nSPS) is 11.6. The average Bonchev–Trinajstić information content (AvgIpc) is 3.17. The second-order valence-corrected chi connectivity index (χ2v) is 7.71. The number of esters is 1. The smallest absolute Gasteiger partial charge is 0.325 e. The molecule has 1 heterocycles. The van der Waals surface area contributed by atoms with Gasteiger partial charge in [-0.15, -0.1) is 0 Å². The lowest BCUT2D eigenvalue weighted by Gasteiger charge is -2.12. The molecule has 3 aromatic rings. The van der Waals surface area contributed by atoms with Crippen molar-refractivity contribution in [2.75, 3.05) is 28.4 Å². The predicted molar refractivity (Wildman–Crippen MR) is 124 cm³/mol. The van der Waals surface area contributed by atoms with Crippen molar-refractivity contribution in [1.29, 1.82) is 0 Å². The Bertz CT molecular complexity index is 1330. The van der Waals surface area contributed by atoms with Gasteiger partial charge in [-0.05, 0) is 29.8 Å². The molecule has 0 aliphatic heterocycles. The molecule has 0 N–H and O–H groups in total. The number of nitro groups is 1. The number of fused-ring (bicyclic) bond motifs is 1. The Hall–Kier alpha value is -4.19. The molecule has 11 nitrogen and oxygen atoms in total. The molecule has 0 spiro atoms. The Labute approximate surface area is 197 Å². The molecule has 0 unspecified atom stereocenters. The Morgan fingerprint density at radius 1 is 1.09 bits per heavy atom. The number of carbonyl (C=O) groups excluding carboxylic acids is 2. The summed E-state index contributed by atoms with van der Waals surface area (Å²) in [5, 5.41) is 11.1. The lowest BCUT2D eigenvalue weighted by molar-refractivity contribution is -0.384. The second kappa shape index (κ2) is 10.6. The number of thiazole rings is 1. The van der Waals surface area contributed by atoms with Gasteiger partial charge in [-0.1, -0.05) is 11.3 Å². The van der Waals surface area contributed by atoms with E-state index in [0.717, 1.165) is 11.3 Å². The van der Waals surface area contributed by atoms with Gasteiger partial charge in [0.2, 0.25) is 5.75 Å². The van der Waals surface area contributed by atoms with Gasteiger partial charge in [0.15, 0.2) is 16.3 Å². The van der Waals surface area contributed by atoms with Crippen LogP contribution in [-0.2, 0) is 20.9 Å². The summed E-state index contributed by atoms with van der Waals surface area (Å²) in [5.74, 6) is 0.107. The van der Waals surface area contributed by atoms with E-state index >= 15 is 0 Å². The molecule has 0 bridgehead atoms. The Morgan fingerprint density at radius 2 is 1.76 bits per heavy atom. The van der Waals surface area contributed by atoms with Crippen molar-refractivity contribution in [3.63, 3.8) is 0 Å². The number of non-ortho nitro benzene ring substituents is 1. The van der Waals surface area contributed by atoms with Gasteiger partial charge < -0.3 is 23.5 Å². The number of carbonyl (C=O) groups is 2. The van der Waals surface area contributed by atoms with E-state index in [2.05, 4.69) is 4.99 Å². The maximum atomic E-state index is 12.6. The van der Waals surface area contributed by atoms with E-state index < -0.39 is 16.8 Å². The molecule has 3 rings (SSSR count). The number of benzene rings is 2. The first kappa shape index (κ1) is 24.5. The number of ether oxygens (including phenoxy) is 4. The first-order chi connectivity index (χ1) is 16.3. The lowest BCUT2D eigenvalue weighted by Crippen LogP contribution is -2.22. The van der Waals surface area contributed by atoms with Crippen molar-refractivity contribution in [2.24, 2.45) is 4.99 Å². The fraction of sp³-hybridized carbons (Fsp3) is 0.227. The maximum absolute atomic E-state index is 12.6. The number of nitrogens with zero attached hydrogens (tertiary/aromatic N) is 3. The number of hydrogen-bond acceptors (Lipinski definition) is 9. The summed E-state index contributed by atoms with van der Waals surface area (Å²) < 4.78 is 22.6. The van der Waals surface area contributed by atoms with Gasteiger partial charge in [-0.2, -0.15) is 4.99 Å². The number of nitro benzene ring substituents is 1. The Morgan fingerprint density at radius 3 is 2.32 bits per heavy atom. The molecule has 0 saturated heterocycles. The summed E-state index contributed by atoms with van der Waals surface area (Å²) >= 11 is 1.05. The van der Waals surface area contributed by atoms with E-state index in [1.165, 1.54) is 63.4 Å². The van der Waals surface area contributed by atoms with E-state index in [9.17, 15) is 19.7 Å². The Balaban J connectivity index is 2.02. The third kappa shape index (κ3) is 5.23. The van der Waals surface area contributed by atoms with E-state index in [1.807, 2.05) is 0 Å². The molecular formula is C22H21N3O8S. The lowest BCUT2D eigenvalue weighted by atomic mass is 10.1.